The van der Waals surface area contributed by atoms with Crippen molar-refractivity contribution in [2.24, 2.45) is 5.92 Å². The first kappa shape index (κ1) is 13.1. The average molecular weight is 290 g/mol. The Morgan fingerprint density at radius 3 is 2.84 bits per heavy atom. The van der Waals surface area contributed by atoms with E-state index in [1.165, 1.54) is 12.3 Å². The Morgan fingerprint density at radius 2 is 2.16 bits per heavy atom. The summed E-state index contributed by atoms with van der Waals surface area (Å²) in [5.74, 6) is 0.711. The highest BCUT2D eigenvalue weighted by Crippen LogP contribution is 2.42. The first-order valence-electron chi connectivity index (χ1n) is 6.03. The quantitative estimate of drug-likeness (QED) is 0.858. The zero-order valence-electron chi connectivity index (χ0n) is 9.97. The van der Waals surface area contributed by atoms with Crippen LogP contribution in [0.2, 0.25) is 0 Å². The molecule has 2 fully saturated rings. The average Bonchev–Trinajstić information content (AvgIpc) is 2.91. The van der Waals surface area contributed by atoms with E-state index in [1.54, 1.807) is 16.7 Å². The fourth-order valence-corrected chi connectivity index (χ4v) is 4.23. The highest BCUT2D eigenvalue weighted by Gasteiger charge is 2.45. The van der Waals surface area contributed by atoms with Crippen molar-refractivity contribution in [2.45, 2.75) is 17.5 Å². The predicted molar refractivity (Wildman–Crippen MR) is 67.2 cm³/mol. The molecule has 0 amide bonds. The van der Waals surface area contributed by atoms with Crippen LogP contribution in [0.5, 0.6) is 0 Å². The van der Waals surface area contributed by atoms with Crippen LogP contribution in [0.1, 0.15) is 5.56 Å². The molecular weight excluding hydrogens is 277 g/mol. The standard InChI is InChI=1S/C12H13F3N2OS/c13-12(14,15)8-2-1-3-16-11(8)17-4-7-9(18)6-19-10(7)5-17/h1-3,7,9-10,18H,4-6H2. The number of aromatic nitrogens is 1. The topological polar surface area (TPSA) is 36.4 Å². The summed E-state index contributed by atoms with van der Waals surface area (Å²) in [6.07, 6.45) is -3.44. The van der Waals surface area contributed by atoms with Gasteiger partial charge in [-0.3, -0.25) is 0 Å². The molecule has 0 aliphatic carbocycles. The lowest BCUT2D eigenvalue weighted by molar-refractivity contribution is -0.137. The Bertz CT molecular complexity index is 482. The molecule has 0 spiro atoms. The van der Waals surface area contributed by atoms with Gasteiger partial charge in [-0.05, 0) is 12.1 Å². The van der Waals surface area contributed by atoms with E-state index in [0.29, 0.717) is 18.8 Å². The zero-order valence-corrected chi connectivity index (χ0v) is 10.8. The molecule has 3 nitrogen and oxygen atoms in total. The maximum absolute atomic E-state index is 12.9. The molecule has 19 heavy (non-hydrogen) atoms. The summed E-state index contributed by atoms with van der Waals surface area (Å²) in [6.45, 7) is 0.964. The van der Waals surface area contributed by atoms with Crippen LogP contribution in [0.4, 0.5) is 19.0 Å². The Balaban J connectivity index is 1.88. The number of rotatable bonds is 1. The molecule has 104 valence electrons. The lowest BCUT2D eigenvalue weighted by Crippen LogP contribution is -2.28. The third kappa shape index (κ3) is 2.29. The smallest absolute Gasteiger partial charge is 0.392 e. The number of halogens is 3. The third-order valence-electron chi connectivity index (χ3n) is 3.68. The van der Waals surface area contributed by atoms with Crippen LogP contribution >= 0.6 is 11.8 Å². The fraction of sp³-hybridized carbons (Fsp3) is 0.583. The maximum Gasteiger partial charge on any atom is 0.419 e. The van der Waals surface area contributed by atoms with Crippen LogP contribution in [0.25, 0.3) is 0 Å². The predicted octanol–water partition coefficient (Wildman–Crippen LogP) is 2.01. The molecule has 0 saturated carbocycles. The number of anilines is 1. The molecule has 7 heteroatoms. The molecule has 1 aromatic heterocycles. The van der Waals surface area contributed by atoms with Crippen molar-refractivity contribution in [2.75, 3.05) is 23.7 Å². The summed E-state index contributed by atoms with van der Waals surface area (Å²) in [4.78, 5) is 5.54. The second kappa shape index (κ2) is 4.56. The van der Waals surface area contributed by atoms with E-state index in [-0.39, 0.29) is 17.0 Å². The highest BCUT2D eigenvalue weighted by atomic mass is 32.2. The number of alkyl halides is 3. The first-order valence-corrected chi connectivity index (χ1v) is 7.08. The van der Waals surface area contributed by atoms with Crippen LogP contribution in [0.15, 0.2) is 18.3 Å². The highest BCUT2D eigenvalue weighted by molar-refractivity contribution is 8.00. The van der Waals surface area contributed by atoms with Crippen LogP contribution in [0.3, 0.4) is 0 Å². The van der Waals surface area contributed by atoms with E-state index in [4.69, 9.17) is 0 Å². The SMILES string of the molecule is OC1CSC2CN(c3ncccc3C(F)(F)F)CC12. The van der Waals surface area contributed by atoms with Gasteiger partial charge < -0.3 is 10.0 Å². The van der Waals surface area contributed by atoms with Gasteiger partial charge >= 0.3 is 6.18 Å². The van der Waals surface area contributed by atoms with Crippen molar-refractivity contribution < 1.29 is 18.3 Å². The normalized spacial score (nSPS) is 30.7. The summed E-state index contributed by atoms with van der Waals surface area (Å²) < 4.78 is 38.8. The van der Waals surface area contributed by atoms with Gasteiger partial charge in [0.1, 0.15) is 5.82 Å². The lowest BCUT2D eigenvalue weighted by Gasteiger charge is -2.22. The summed E-state index contributed by atoms with van der Waals surface area (Å²) in [6, 6.07) is 2.35. The van der Waals surface area contributed by atoms with Gasteiger partial charge in [-0.2, -0.15) is 24.9 Å². The molecule has 3 heterocycles. The van der Waals surface area contributed by atoms with Crippen molar-refractivity contribution >= 4 is 17.6 Å². The van der Waals surface area contributed by atoms with Gasteiger partial charge in [0.05, 0.1) is 11.7 Å². The van der Waals surface area contributed by atoms with Gasteiger partial charge in [0.15, 0.2) is 0 Å². The third-order valence-corrected chi connectivity index (χ3v) is 5.14. The molecule has 1 N–H and O–H groups in total. The van der Waals surface area contributed by atoms with E-state index in [9.17, 15) is 18.3 Å². The number of hydrogen-bond acceptors (Lipinski definition) is 4. The maximum atomic E-state index is 12.9. The Hall–Kier alpha value is -0.950. The zero-order chi connectivity index (χ0) is 13.6. The molecule has 2 aliphatic heterocycles. The van der Waals surface area contributed by atoms with Crippen LogP contribution in [-0.2, 0) is 6.18 Å². The molecule has 2 aliphatic rings. The van der Waals surface area contributed by atoms with Gasteiger partial charge in [-0.1, -0.05) is 0 Å². The Labute approximate surface area is 112 Å². The van der Waals surface area contributed by atoms with Crippen molar-refractivity contribution in [1.29, 1.82) is 0 Å². The summed E-state index contributed by atoms with van der Waals surface area (Å²) >= 11 is 1.63. The van der Waals surface area contributed by atoms with E-state index in [2.05, 4.69) is 4.98 Å². The van der Waals surface area contributed by atoms with Crippen molar-refractivity contribution in [3.63, 3.8) is 0 Å². The van der Waals surface area contributed by atoms with E-state index >= 15 is 0 Å². The molecule has 0 radical (unpaired) electrons. The lowest BCUT2D eigenvalue weighted by atomic mass is 10.0. The van der Waals surface area contributed by atoms with Crippen molar-refractivity contribution in [3.05, 3.63) is 23.9 Å². The number of hydrogen-bond donors (Lipinski definition) is 1. The van der Waals surface area contributed by atoms with Crippen molar-refractivity contribution in [3.8, 4) is 0 Å². The summed E-state index contributed by atoms with van der Waals surface area (Å²) in [5.41, 5.74) is -0.700. The monoisotopic (exact) mass is 290 g/mol. The number of fused-ring (bicyclic) bond motifs is 1. The van der Waals surface area contributed by atoms with Crippen molar-refractivity contribution in [1.82, 2.24) is 4.98 Å². The second-order valence-electron chi connectivity index (χ2n) is 4.88. The van der Waals surface area contributed by atoms with Gasteiger partial charge in [0.2, 0.25) is 0 Å². The number of aliphatic hydroxyl groups excluding tert-OH is 1. The minimum atomic E-state index is -4.40. The molecule has 3 unspecified atom stereocenters. The molecular formula is C12H13F3N2OS. The molecule has 3 rings (SSSR count). The van der Waals surface area contributed by atoms with Gasteiger partial charge in [-0.15, -0.1) is 0 Å². The molecule has 0 bridgehead atoms. The molecule has 0 aromatic carbocycles. The number of nitrogens with zero attached hydrogens (tertiary/aromatic N) is 2. The summed E-state index contributed by atoms with van der Waals surface area (Å²) in [5, 5.41) is 10.0. The number of pyridine rings is 1. The Kier molecular flexibility index (Phi) is 3.13. The molecule has 1 aromatic rings. The van der Waals surface area contributed by atoms with Crippen LogP contribution in [0, 0.1) is 5.92 Å². The molecule has 2 saturated heterocycles. The van der Waals surface area contributed by atoms with Gasteiger partial charge in [0, 0.05) is 36.2 Å². The van der Waals surface area contributed by atoms with Gasteiger partial charge in [-0.25, -0.2) is 4.98 Å². The summed E-state index contributed by atoms with van der Waals surface area (Å²) in [7, 11) is 0. The molecule has 3 atom stereocenters. The van der Waals surface area contributed by atoms with Crippen LogP contribution in [-0.4, -0.2) is 40.3 Å². The van der Waals surface area contributed by atoms with Gasteiger partial charge in [0.25, 0.3) is 0 Å². The largest absolute Gasteiger partial charge is 0.419 e. The van der Waals surface area contributed by atoms with Crippen LogP contribution < -0.4 is 4.90 Å². The minimum absolute atomic E-state index is 0.0165. The fourth-order valence-electron chi connectivity index (χ4n) is 2.73. The van der Waals surface area contributed by atoms with E-state index < -0.39 is 17.8 Å². The van der Waals surface area contributed by atoms with E-state index in [0.717, 1.165) is 6.07 Å². The number of aliphatic hydroxyl groups is 1. The Morgan fingerprint density at radius 1 is 1.37 bits per heavy atom. The second-order valence-corrected chi connectivity index (χ2v) is 6.15. The number of thioether (sulfide) groups is 1. The van der Waals surface area contributed by atoms with E-state index in [1.807, 2.05) is 0 Å². The first-order chi connectivity index (χ1) is 8.97. The minimum Gasteiger partial charge on any atom is -0.392 e.